The molecule has 1 amide bonds. The van der Waals surface area contributed by atoms with Crippen molar-refractivity contribution >= 4 is 23.3 Å². The zero-order valence-corrected chi connectivity index (χ0v) is 10.9. The maximum absolute atomic E-state index is 11.7. The molecule has 0 bridgehead atoms. The Kier molecular flexibility index (Phi) is 5.45. The lowest BCUT2D eigenvalue weighted by Gasteiger charge is -2.06. The molecular weight excluding hydrogens is 254 g/mol. The third-order valence-electron chi connectivity index (χ3n) is 2.46. The zero-order valence-electron chi connectivity index (χ0n) is 10.1. The molecular formula is C12H16ClN3O2. The second kappa shape index (κ2) is 6.86. The van der Waals surface area contributed by atoms with Crippen molar-refractivity contribution in [2.24, 2.45) is 10.9 Å². The van der Waals surface area contributed by atoms with Crippen LogP contribution in [0.3, 0.4) is 0 Å². The lowest BCUT2D eigenvalue weighted by molar-refractivity contribution is 0.0953. The van der Waals surface area contributed by atoms with Crippen molar-refractivity contribution in [2.75, 3.05) is 6.54 Å². The Hall–Kier alpha value is -1.75. The number of oxime groups is 1. The van der Waals surface area contributed by atoms with Crippen molar-refractivity contribution in [2.45, 2.75) is 19.8 Å². The van der Waals surface area contributed by atoms with Gasteiger partial charge in [-0.25, -0.2) is 0 Å². The Morgan fingerprint density at radius 1 is 1.56 bits per heavy atom. The van der Waals surface area contributed by atoms with Crippen molar-refractivity contribution in [3.63, 3.8) is 0 Å². The highest BCUT2D eigenvalue weighted by Gasteiger charge is 2.06. The van der Waals surface area contributed by atoms with Crippen molar-refractivity contribution in [1.29, 1.82) is 0 Å². The lowest BCUT2D eigenvalue weighted by Crippen LogP contribution is -2.25. The fourth-order valence-corrected chi connectivity index (χ4v) is 1.54. The summed E-state index contributed by atoms with van der Waals surface area (Å²) in [5, 5.41) is 14.5. The first kappa shape index (κ1) is 14.3. The van der Waals surface area contributed by atoms with Crippen LogP contribution in [0.1, 0.15) is 28.8 Å². The Balaban J connectivity index is 2.43. The third kappa shape index (κ3) is 4.25. The second-order valence-electron chi connectivity index (χ2n) is 3.91. The molecule has 0 aliphatic heterocycles. The number of nitrogens with zero attached hydrogens (tertiary/aromatic N) is 1. The number of rotatable bonds is 5. The normalized spacial score (nSPS) is 11.3. The molecule has 0 aliphatic carbocycles. The highest BCUT2D eigenvalue weighted by Crippen LogP contribution is 2.16. The maximum atomic E-state index is 11.7. The molecule has 18 heavy (non-hydrogen) atoms. The highest BCUT2D eigenvalue weighted by atomic mass is 35.5. The summed E-state index contributed by atoms with van der Waals surface area (Å²) in [6, 6.07) is 5.16. The molecule has 1 aromatic carbocycles. The van der Waals surface area contributed by atoms with Crippen LogP contribution in [0, 0.1) is 6.92 Å². The number of carbonyl (C=O) groups is 1. The summed E-state index contributed by atoms with van der Waals surface area (Å²) in [4.78, 5) is 11.7. The van der Waals surface area contributed by atoms with Gasteiger partial charge in [-0.3, -0.25) is 4.79 Å². The van der Waals surface area contributed by atoms with Gasteiger partial charge >= 0.3 is 0 Å². The number of nitrogens with one attached hydrogen (secondary N) is 1. The number of hydrogen-bond acceptors (Lipinski definition) is 3. The summed E-state index contributed by atoms with van der Waals surface area (Å²) in [5.41, 5.74) is 6.76. The Labute approximate surface area is 111 Å². The van der Waals surface area contributed by atoms with Gasteiger partial charge in [-0.15, -0.1) is 0 Å². The van der Waals surface area contributed by atoms with Crippen LogP contribution in [-0.4, -0.2) is 23.5 Å². The van der Waals surface area contributed by atoms with E-state index in [4.69, 9.17) is 22.5 Å². The molecule has 4 N–H and O–H groups in total. The van der Waals surface area contributed by atoms with Crippen molar-refractivity contribution in [3.05, 3.63) is 34.3 Å². The molecule has 6 heteroatoms. The Bertz CT molecular complexity index is 461. The molecule has 0 saturated heterocycles. The van der Waals surface area contributed by atoms with Gasteiger partial charge < -0.3 is 16.3 Å². The van der Waals surface area contributed by atoms with E-state index in [1.165, 1.54) is 0 Å². The number of amides is 1. The van der Waals surface area contributed by atoms with Gasteiger partial charge in [0.05, 0.1) is 0 Å². The van der Waals surface area contributed by atoms with E-state index in [0.29, 0.717) is 30.0 Å². The first-order chi connectivity index (χ1) is 8.54. The number of aryl methyl sites for hydroxylation is 1. The average Bonchev–Trinajstić information content (AvgIpc) is 2.37. The van der Waals surface area contributed by atoms with Crippen molar-refractivity contribution in [1.82, 2.24) is 5.32 Å². The molecule has 0 aromatic heterocycles. The summed E-state index contributed by atoms with van der Waals surface area (Å²) >= 11 is 5.94. The smallest absolute Gasteiger partial charge is 0.251 e. The standard InChI is InChI=1S/C12H16ClN3O2/c1-8-4-5-9(7-10(8)13)12(17)15-6-2-3-11(14)16-18/h4-5,7,18H,2-3,6H2,1H3,(H2,14,16)(H,15,17). The van der Waals surface area contributed by atoms with Crippen molar-refractivity contribution in [3.8, 4) is 0 Å². The number of carbonyl (C=O) groups excluding carboxylic acids is 1. The Morgan fingerprint density at radius 2 is 2.28 bits per heavy atom. The van der Waals surface area contributed by atoms with Gasteiger partial charge in [0.15, 0.2) is 0 Å². The molecule has 0 spiro atoms. The van der Waals surface area contributed by atoms with Crippen LogP contribution in [0.15, 0.2) is 23.4 Å². The van der Waals surface area contributed by atoms with Gasteiger partial charge in [-0.2, -0.15) is 0 Å². The molecule has 1 rings (SSSR count). The minimum absolute atomic E-state index is 0.155. The van der Waals surface area contributed by atoms with E-state index < -0.39 is 0 Å². The molecule has 1 aromatic rings. The molecule has 0 saturated carbocycles. The summed E-state index contributed by atoms with van der Waals surface area (Å²) in [5.74, 6) is -0.0287. The van der Waals surface area contributed by atoms with Gasteiger partial charge in [-0.05, 0) is 31.0 Å². The van der Waals surface area contributed by atoms with E-state index in [1.807, 2.05) is 6.92 Å². The molecule has 5 nitrogen and oxygen atoms in total. The van der Waals surface area contributed by atoms with E-state index in [9.17, 15) is 4.79 Å². The molecule has 0 atom stereocenters. The van der Waals surface area contributed by atoms with Crippen LogP contribution >= 0.6 is 11.6 Å². The fourth-order valence-electron chi connectivity index (χ4n) is 1.36. The van der Waals surface area contributed by atoms with E-state index in [0.717, 1.165) is 5.56 Å². The van der Waals surface area contributed by atoms with Crippen molar-refractivity contribution < 1.29 is 10.0 Å². The third-order valence-corrected chi connectivity index (χ3v) is 2.86. The van der Waals surface area contributed by atoms with E-state index in [2.05, 4.69) is 10.5 Å². The second-order valence-corrected chi connectivity index (χ2v) is 4.32. The quantitative estimate of drug-likeness (QED) is 0.251. The summed E-state index contributed by atoms with van der Waals surface area (Å²) in [7, 11) is 0. The van der Waals surface area contributed by atoms with Gasteiger partial charge in [0.1, 0.15) is 5.84 Å². The fraction of sp³-hybridized carbons (Fsp3) is 0.333. The SMILES string of the molecule is Cc1ccc(C(=O)NCCCC(N)=NO)cc1Cl. The number of hydrogen-bond donors (Lipinski definition) is 3. The predicted octanol–water partition coefficient (Wildman–Crippen LogP) is 1.90. The minimum atomic E-state index is -0.184. The Morgan fingerprint density at radius 3 is 2.89 bits per heavy atom. The van der Waals surface area contributed by atoms with E-state index >= 15 is 0 Å². The predicted molar refractivity (Wildman–Crippen MR) is 71.2 cm³/mol. The molecule has 0 radical (unpaired) electrons. The van der Waals surface area contributed by atoms with Crippen LogP contribution in [0.5, 0.6) is 0 Å². The van der Waals surface area contributed by atoms with Crippen LogP contribution in [0.4, 0.5) is 0 Å². The highest BCUT2D eigenvalue weighted by molar-refractivity contribution is 6.31. The van der Waals surface area contributed by atoms with Gasteiger partial charge in [0.25, 0.3) is 5.91 Å². The van der Waals surface area contributed by atoms with Crippen LogP contribution in [0.25, 0.3) is 0 Å². The number of amidine groups is 1. The van der Waals surface area contributed by atoms with Gasteiger partial charge in [0, 0.05) is 23.6 Å². The molecule has 0 aliphatic rings. The van der Waals surface area contributed by atoms with Crippen LogP contribution in [-0.2, 0) is 0 Å². The molecule has 98 valence electrons. The van der Waals surface area contributed by atoms with E-state index in [1.54, 1.807) is 18.2 Å². The van der Waals surface area contributed by atoms with Gasteiger partial charge in [-0.1, -0.05) is 22.8 Å². The minimum Gasteiger partial charge on any atom is -0.409 e. The first-order valence-electron chi connectivity index (χ1n) is 5.55. The number of benzene rings is 1. The largest absolute Gasteiger partial charge is 0.409 e. The number of nitrogens with two attached hydrogens (primary N) is 1. The first-order valence-corrected chi connectivity index (χ1v) is 5.93. The lowest BCUT2D eigenvalue weighted by atomic mass is 10.1. The maximum Gasteiger partial charge on any atom is 0.251 e. The molecule has 0 heterocycles. The van der Waals surface area contributed by atoms with Gasteiger partial charge in [0.2, 0.25) is 0 Å². The molecule has 0 fully saturated rings. The summed E-state index contributed by atoms with van der Waals surface area (Å²) in [6.45, 7) is 2.33. The summed E-state index contributed by atoms with van der Waals surface area (Å²) in [6.07, 6.45) is 1.05. The average molecular weight is 270 g/mol. The summed E-state index contributed by atoms with van der Waals surface area (Å²) < 4.78 is 0. The van der Waals surface area contributed by atoms with Crippen LogP contribution in [0.2, 0.25) is 5.02 Å². The monoisotopic (exact) mass is 269 g/mol. The number of halogens is 1. The topological polar surface area (TPSA) is 87.7 Å². The molecule has 0 unspecified atom stereocenters. The zero-order chi connectivity index (χ0) is 13.5. The van der Waals surface area contributed by atoms with Crippen LogP contribution < -0.4 is 11.1 Å². The van der Waals surface area contributed by atoms with E-state index in [-0.39, 0.29) is 11.7 Å².